The zero-order valence-corrected chi connectivity index (χ0v) is 18.8. The molecule has 1 saturated heterocycles. The summed E-state index contributed by atoms with van der Waals surface area (Å²) < 4.78 is 19.6. The Bertz CT molecular complexity index is 1240. The molecule has 3 aromatic rings. The standard InChI is InChI=1S/C27H26FN3O2/c1-18-5-11-24-22(16-18)26(29-23-10-4-19(2)17-25(23)33-24)30-12-3-13-31(15-14-30)27(32)20-6-8-21(28)9-7-20/h4-11,16-17H,3,12-15H2,1-2H3. The summed E-state index contributed by atoms with van der Waals surface area (Å²) in [6.45, 7) is 6.74. The first kappa shape index (κ1) is 21.2. The van der Waals surface area contributed by atoms with Crippen LogP contribution in [0.15, 0.2) is 65.7 Å². The molecule has 33 heavy (non-hydrogen) atoms. The lowest BCUT2D eigenvalue weighted by Crippen LogP contribution is -2.37. The largest absolute Gasteiger partial charge is 0.454 e. The number of amides is 1. The number of amidine groups is 1. The van der Waals surface area contributed by atoms with Crippen LogP contribution < -0.4 is 4.74 Å². The molecule has 0 aromatic heterocycles. The van der Waals surface area contributed by atoms with E-state index in [0.29, 0.717) is 25.2 Å². The smallest absolute Gasteiger partial charge is 0.253 e. The van der Waals surface area contributed by atoms with Gasteiger partial charge in [-0.1, -0.05) is 17.7 Å². The van der Waals surface area contributed by atoms with Crippen molar-refractivity contribution in [3.05, 3.63) is 88.7 Å². The molecular weight excluding hydrogens is 417 g/mol. The van der Waals surface area contributed by atoms with Crippen LogP contribution in [-0.2, 0) is 0 Å². The van der Waals surface area contributed by atoms with Crippen molar-refractivity contribution in [2.24, 2.45) is 4.99 Å². The highest BCUT2D eigenvalue weighted by molar-refractivity contribution is 6.04. The molecule has 5 rings (SSSR count). The molecule has 2 heterocycles. The summed E-state index contributed by atoms with van der Waals surface area (Å²) in [4.78, 5) is 22.1. The molecule has 0 N–H and O–H groups in total. The fourth-order valence-corrected chi connectivity index (χ4v) is 4.34. The molecule has 2 aliphatic heterocycles. The molecule has 0 atom stereocenters. The van der Waals surface area contributed by atoms with Crippen molar-refractivity contribution < 1.29 is 13.9 Å². The van der Waals surface area contributed by atoms with Crippen LogP contribution in [0.5, 0.6) is 11.5 Å². The Morgan fingerprint density at radius 1 is 0.879 bits per heavy atom. The number of carbonyl (C=O) groups excluding carboxylic acids is 1. The number of ether oxygens (including phenoxy) is 1. The molecule has 0 radical (unpaired) electrons. The summed E-state index contributed by atoms with van der Waals surface area (Å²) in [7, 11) is 0. The number of halogens is 1. The van der Waals surface area contributed by atoms with Crippen molar-refractivity contribution >= 4 is 17.4 Å². The van der Waals surface area contributed by atoms with Gasteiger partial charge in [0.25, 0.3) is 5.91 Å². The van der Waals surface area contributed by atoms with Crippen LogP contribution in [-0.4, -0.2) is 47.7 Å². The van der Waals surface area contributed by atoms with E-state index in [1.54, 1.807) is 12.1 Å². The molecule has 1 fully saturated rings. The second-order valence-corrected chi connectivity index (χ2v) is 8.65. The molecular formula is C27H26FN3O2. The third kappa shape index (κ3) is 4.33. The molecule has 0 aliphatic carbocycles. The lowest BCUT2D eigenvalue weighted by molar-refractivity contribution is 0.0764. The van der Waals surface area contributed by atoms with Gasteiger partial charge in [0, 0.05) is 31.7 Å². The molecule has 0 bridgehead atoms. The first-order valence-electron chi connectivity index (χ1n) is 11.3. The summed E-state index contributed by atoms with van der Waals surface area (Å²) in [5.41, 5.74) is 4.52. The number of rotatable bonds is 1. The third-order valence-electron chi connectivity index (χ3n) is 6.11. The number of hydrogen-bond acceptors (Lipinski definition) is 4. The number of nitrogens with zero attached hydrogens (tertiary/aromatic N) is 3. The number of aryl methyl sites for hydroxylation is 2. The SMILES string of the molecule is Cc1ccc2c(c1)Oc1ccc(C)cc1C(N1CCCN(C(=O)c3ccc(F)cc3)CC1)=N2. The first-order chi connectivity index (χ1) is 16.0. The number of benzene rings is 3. The van der Waals surface area contributed by atoms with Gasteiger partial charge >= 0.3 is 0 Å². The van der Waals surface area contributed by atoms with Gasteiger partial charge in [-0.25, -0.2) is 9.38 Å². The summed E-state index contributed by atoms with van der Waals surface area (Å²) in [5.74, 6) is 1.99. The monoisotopic (exact) mass is 443 g/mol. The van der Waals surface area contributed by atoms with Gasteiger partial charge in [0.2, 0.25) is 0 Å². The van der Waals surface area contributed by atoms with Crippen LogP contribution in [0.25, 0.3) is 0 Å². The van der Waals surface area contributed by atoms with Gasteiger partial charge in [-0.2, -0.15) is 0 Å². The molecule has 168 valence electrons. The van der Waals surface area contributed by atoms with E-state index in [2.05, 4.69) is 17.9 Å². The second kappa shape index (κ2) is 8.70. The predicted octanol–water partition coefficient (Wildman–Crippen LogP) is 5.47. The average molecular weight is 444 g/mol. The maximum absolute atomic E-state index is 13.3. The van der Waals surface area contributed by atoms with Gasteiger partial charge in [0.1, 0.15) is 23.1 Å². The van der Waals surface area contributed by atoms with E-state index >= 15 is 0 Å². The minimum Gasteiger partial charge on any atom is -0.454 e. The van der Waals surface area contributed by atoms with Crippen LogP contribution in [0.3, 0.4) is 0 Å². The summed E-state index contributed by atoms with van der Waals surface area (Å²) in [6.07, 6.45) is 0.814. The lowest BCUT2D eigenvalue weighted by atomic mass is 10.1. The van der Waals surface area contributed by atoms with E-state index in [1.165, 1.54) is 12.1 Å². The first-order valence-corrected chi connectivity index (χ1v) is 11.3. The Balaban J connectivity index is 1.45. The molecule has 3 aromatic carbocycles. The van der Waals surface area contributed by atoms with Gasteiger partial charge in [0.15, 0.2) is 5.75 Å². The molecule has 0 saturated carbocycles. The molecule has 2 aliphatic rings. The van der Waals surface area contributed by atoms with Crippen molar-refractivity contribution in [3.63, 3.8) is 0 Å². The van der Waals surface area contributed by atoms with E-state index in [4.69, 9.17) is 9.73 Å². The highest BCUT2D eigenvalue weighted by atomic mass is 19.1. The summed E-state index contributed by atoms with van der Waals surface area (Å²) >= 11 is 0. The van der Waals surface area contributed by atoms with Crippen LogP contribution in [0, 0.1) is 19.7 Å². The molecule has 6 heteroatoms. The zero-order chi connectivity index (χ0) is 22.9. The minimum absolute atomic E-state index is 0.0694. The maximum Gasteiger partial charge on any atom is 0.253 e. The van der Waals surface area contributed by atoms with Gasteiger partial charge in [-0.3, -0.25) is 4.79 Å². The van der Waals surface area contributed by atoms with Crippen molar-refractivity contribution in [1.82, 2.24) is 9.80 Å². The van der Waals surface area contributed by atoms with Gasteiger partial charge in [-0.15, -0.1) is 0 Å². The molecule has 1 amide bonds. The molecule has 0 spiro atoms. The highest BCUT2D eigenvalue weighted by Crippen LogP contribution is 2.39. The van der Waals surface area contributed by atoms with Crippen molar-refractivity contribution in [3.8, 4) is 11.5 Å². The van der Waals surface area contributed by atoms with Crippen molar-refractivity contribution in [2.75, 3.05) is 26.2 Å². The Labute approximate surface area is 193 Å². The minimum atomic E-state index is -0.341. The number of carbonyl (C=O) groups is 1. The predicted molar refractivity (Wildman–Crippen MR) is 127 cm³/mol. The molecule has 0 unspecified atom stereocenters. The fraction of sp³-hybridized carbons (Fsp3) is 0.259. The van der Waals surface area contributed by atoms with E-state index in [1.807, 2.05) is 42.2 Å². The Kier molecular flexibility index (Phi) is 5.58. The lowest BCUT2D eigenvalue weighted by Gasteiger charge is -2.25. The van der Waals surface area contributed by atoms with Gasteiger partial charge in [-0.05, 0) is 74.4 Å². The average Bonchev–Trinajstić information content (AvgIpc) is 3.14. The second-order valence-electron chi connectivity index (χ2n) is 8.65. The van der Waals surface area contributed by atoms with Gasteiger partial charge < -0.3 is 14.5 Å². The highest BCUT2D eigenvalue weighted by Gasteiger charge is 2.26. The summed E-state index contributed by atoms with van der Waals surface area (Å²) in [5, 5.41) is 0. The Hall–Kier alpha value is -3.67. The van der Waals surface area contributed by atoms with Crippen LogP contribution >= 0.6 is 0 Å². The quantitative estimate of drug-likeness (QED) is 0.501. The van der Waals surface area contributed by atoms with Crippen LogP contribution in [0.4, 0.5) is 10.1 Å². The number of aliphatic imine (C=N–C) groups is 1. The van der Waals surface area contributed by atoms with Gasteiger partial charge in [0.05, 0.1) is 5.56 Å². The maximum atomic E-state index is 13.3. The normalized spacial score (nSPS) is 15.5. The van der Waals surface area contributed by atoms with Crippen molar-refractivity contribution in [1.29, 1.82) is 0 Å². The number of fused-ring (bicyclic) bond motifs is 2. The van der Waals surface area contributed by atoms with E-state index < -0.39 is 0 Å². The van der Waals surface area contributed by atoms with E-state index in [-0.39, 0.29) is 11.7 Å². The van der Waals surface area contributed by atoms with Crippen molar-refractivity contribution in [2.45, 2.75) is 20.3 Å². The fourth-order valence-electron chi connectivity index (χ4n) is 4.34. The number of hydrogen-bond donors (Lipinski definition) is 0. The zero-order valence-electron chi connectivity index (χ0n) is 18.8. The van der Waals surface area contributed by atoms with E-state index in [0.717, 1.165) is 52.7 Å². The molecule has 5 nitrogen and oxygen atoms in total. The Morgan fingerprint density at radius 2 is 1.64 bits per heavy atom. The topological polar surface area (TPSA) is 45.1 Å². The van der Waals surface area contributed by atoms with E-state index in [9.17, 15) is 9.18 Å². The van der Waals surface area contributed by atoms with Crippen LogP contribution in [0.1, 0.15) is 33.5 Å². The van der Waals surface area contributed by atoms with Crippen LogP contribution in [0.2, 0.25) is 0 Å². The summed E-state index contributed by atoms with van der Waals surface area (Å²) in [6, 6.07) is 17.9. The Morgan fingerprint density at radius 3 is 2.45 bits per heavy atom. The third-order valence-corrected chi connectivity index (χ3v) is 6.11.